The predicted octanol–water partition coefficient (Wildman–Crippen LogP) is 1.51. The summed E-state index contributed by atoms with van der Waals surface area (Å²) in [6.45, 7) is 0.451. The molecule has 0 saturated carbocycles. The lowest BCUT2D eigenvalue weighted by molar-refractivity contribution is 0.309. The first-order chi connectivity index (χ1) is 8.83. The highest BCUT2D eigenvalue weighted by Gasteiger charge is 2.09. The molecule has 3 rings (SSSR count). The van der Waals surface area contributed by atoms with Crippen molar-refractivity contribution in [1.82, 2.24) is 20.4 Å². The van der Waals surface area contributed by atoms with E-state index in [9.17, 15) is 0 Å². The van der Waals surface area contributed by atoms with Crippen LogP contribution >= 0.6 is 0 Å². The van der Waals surface area contributed by atoms with E-state index >= 15 is 0 Å². The molecule has 90 valence electrons. The molecule has 0 aliphatic heterocycles. The van der Waals surface area contributed by atoms with Gasteiger partial charge in [-0.1, -0.05) is 35.5 Å². The summed E-state index contributed by atoms with van der Waals surface area (Å²) in [5.41, 5.74) is 7.87. The largest absolute Gasteiger partial charge is 0.486 e. The summed E-state index contributed by atoms with van der Waals surface area (Å²) in [7, 11) is 0. The van der Waals surface area contributed by atoms with E-state index in [0.717, 1.165) is 5.56 Å². The molecule has 3 N–H and O–H groups in total. The number of rotatable bonds is 3. The summed E-state index contributed by atoms with van der Waals surface area (Å²) in [5, 5.41) is 10.3. The zero-order chi connectivity index (χ0) is 12.4. The number of anilines is 1. The zero-order valence-corrected chi connectivity index (χ0v) is 9.50. The minimum absolute atomic E-state index is 0.372. The van der Waals surface area contributed by atoms with E-state index in [-0.39, 0.29) is 0 Å². The molecule has 0 fully saturated rings. The Bertz CT molecular complexity index is 665. The number of aromatic nitrogens is 4. The molecular weight excluding hydrogens is 230 g/mol. The Morgan fingerprint density at radius 2 is 2.06 bits per heavy atom. The van der Waals surface area contributed by atoms with Crippen LogP contribution in [0.2, 0.25) is 0 Å². The van der Waals surface area contributed by atoms with Crippen LogP contribution in [0.4, 0.5) is 5.82 Å². The fourth-order valence-corrected chi connectivity index (χ4v) is 1.68. The van der Waals surface area contributed by atoms with Crippen LogP contribution in [0.3, 0.4) is 0 Å². The van der Waals surface area contributed by atoms with Crippen LogP contribution in [0.5, 0.6) is 5.75 Å². The Hall–Kier alpha value is -2.63. The molecule has 0 bridgehead atoms. The van der Waals surface area contributed by atoms with Crippen molar-refractivity contribution in [3.63, 3.8) is 0 Å². The van der Waals surface area contributed by atoms with E-state index in [1.165, 1.54) is 0 Å². The number of benzene rings is 1. The number of pyridine rings is 1. The standard InChI is InChI=1S/C12H11N5O/c13-10-6-9(11-12(14-10)16-17-15-11)18-7-8-4-2-1-3-5-8/h1-6H,7H2,(H3,13,14,15,16,17). The molecule has 0 aliphatic carbocycles. The van der Waals surface area contributed by atoms with Gasteiger partial charge in [-0.15, -0.1) is 5.10 Å². The average Bonchev–Trinajstić information content (AvgIpc) is 2.85. The number of fused-ring (bicyclic) bond motifs is 1. The molecule has 0 aliphatic rings. The Balaban J connectivity index is 1.88. The first kappa shape index (κ1) is 10.5. The molecule has 0 saturated heterocycles. The third-order valence-corrected chi connectivity index (χ3v) is 2.52. The van der Waals surface area contributed by atoms with Crippen LogP contribution in [0.15, 0.2) is 36.4 Å². The maximum atomic E-state index is 5.70. The number of nitrogens with two attached hydrogens (primary N) is 1. The number of hydrogen-bond acceptors (Lipinski definition) is 5. The maximum absolute atomic E-state index is 5.70. The molecule has 3 aromatic rings. The first-order valence-corrected chi connectivity index (χ1v) is 5.47. The first-order valence-electron chi connectivity index (χ1n) is 5.47. The molecule has 6 heteroatoms. The molecule has 0 unspecified atom stereocenters. The van der Waals surface area contributed by atoms with Gasteiger partial charge >= 0.3 is 0 Å². The van der Waals surface area contributed by atoms with E-state index < -0.39 is 0 Å². The SMILES string of the molecule is Nc1cc(OCc2ccccc2)c2nn[nH]c2n1. The van der Waals surface area contributed by atoms with Crippen molar-refractivity contribution in [2.75, 3.05) is 5.73 Å². The van der Waals surface area contributed by atoms with Crippen molar-refractivity contribution in [3.05, 3.63) is 42.0 Å². The number of H-pyrrole nitrogens is 1. The molecule has 0 spiro atoms. The van der Waals surface area contributed by atoms with Gasteiger partial charge in [0.2, 0.25) is 0 Å². The third kappa shape index (κ3) is 1.95. The molecule has 0 amide bonds. The number of nitrogen functional groups attached to an aromatic ring is 1. The fourth-order valence-electron chi connectivity index (χ4n) is 1.68. The van der Waals surface area contributed by atoms with E-state index in [1.54, 1.807) is 6.07 Å². The number of nitrogens with zero attached hydrogens (tertiary/aromatic N) is 3. The molecule has 0 radical (unpaired) electrons. The van der Waals surface area contributed by atoms with Gasteiger partial charge in [0.05, 0.1) is 0 Å². The summed E-state index contributed by atoms with van der Waals surface area (Å²) in [6, 6.07) is 11.5. The van der Waals surface area contributed by atoms with E-state index in [4.69, 9.17) is 10.5 Å². The minimum atomic E-state index is 0.372. The summed E-state index contributed by atoms with van der Waals surface area (Å²) >= 11 is 0. The summed E-state index contributed by atoms with van der Waals surface area (Å²) in [4.78, 5) is 4.07. The highest BCUT2D eigenvalue weighted by molar-refractivity contribution is 5.78. The van der Waals surface area contributed by atoms with Gasteiger partial charge in [0.25, 0.3) is 0 Å². The number of ether oxygens (including phenoxy) is 1. The van der Waals surface area contributed by atoms with Crippen LogP contribution in [0.1, 0.15) is 5.56 Å². The summed E-state index contributed by atoms with van der Waals surface area (Å²) in [6.07, 6.45) is 0. The molecule has 18 heavy (non-hydrogen) atoms. The molecule has 6 nitrogen and oxygen atoms in total. The smallest absolute Gasteiger partial charge is 0.181 e. The molecule has 1 aromatic carbocycles. The van der Waals surface area contributed by atoms with Gasteiger partial charge in [-0.3, -0.25) is 0 Å². The van der Waals surface area contributed by atoms with E-state index in [2.05, 4.69) is 20.4 Å². The fraction of sp³-hybridized carbons (Fsp3) is 0.0833. The minimum Gasteiger partial charge on any atom is -0.486 e. The van der Waals surface area contributed by atoms with Crippen molar-refractivity contribution in [2.24, 2.45) is 0 Å². The topological polar surface area (TPSA) is 89.7 Å². The highest BCUT2D eigenvalue weighted by atomic mass is 16.5. The molecule has 2 aromatic heterocycles. The van der Waals surface area contributed by atoms with Gasteiger partial charge in [-0.05, 0) is 5.56 Å². The van der Waals surface area contributed by atoms with Gasteiger partial charge in [0, 0.05) is 6.07 Å². The summed E-state index contributed by atoms with van der Waals surface area (Å²) < 4.78 is 5.70. The second-order valence-electron chi connectivity index (χ2n) is 3.83. The number of nitrogens with one attached hydrogen (secondary N) is 1. The van der Waals surface area contributed by atoms with Crippen molar-refractivity contribution >= 4 is 17.0 Å². The predicted molar refractivity (Wildman–Crippen MR) is 66.9 cm³/mol. The van der Waals surface area contributed by atoms with Crippen LogP contribution in [-0.4, -0.2) is 20.4 Å². The molecule has 2 heterocycles. The van der Waals surface area contributed by atoms with Crippen LogP contribution in [0.25, 0.3) is 11.2 Å². The van der Waals surface area contributed by atoms with E-state index in [1.807, 2.05) is 30.3 Å². The van der Waals surface area contributed by atoms with Crippen molar-refractivity contribution in [3.8, 4) is 5.75 Å². The monoisotopic (exact) mass is 241 g/mol. The van der Waals surface area contributed by atoms with Crippen molar-refractivity contribution < 1.29 is 4.74 Å². The van der Waals surface area contributed by atoms with Gasteiger partial charge in [0.1, 0.15) is 12.4 Å². The Morgan fingerprint density at radius 1 is 1.22 bits per heavy atom. The normalized spacial score (nSPS) is 10.7. The lowest BCUT2D eigenvalue weighted by Gasteiger charge is -2.06. The Kier molecular flexibility index (Phi) is 2.53. The highest BCUT2D eigenvalue weighted by Crippen LogP contribution is 2.23. The zero-order valence-electron chi connectivity index (χ0n) is 9.50. The van der Waals surface area contributed by atoms with Gasteiger partial charge < -0.3 is 10.5 Å². The Labute approximate surface area is 103 Å². The van der Waals surface area contributed by atoms with Crippen LogP contribution in [-0.2, 0) is 6.61 Å². The van der Waals surface area contributed by atoms with E-state index in [0.29, 0.717) is 29.3 Å². The van der Waals surface area contributed by atoms with Crippen LogP contribution in [0, 0.1) is 0 Å². The summed E-state index contributed by atoms with van der Waals surface area (Å²) in [5.74, 6) is 0.951. The second kappa shape index (κ2) is 4.33. The Morgan fingerprint density at radius 3 is 2.89 bits per heavy atom. The van der Waals surface area contributed by atoms with Crippen molar-refractivity contribution in [2.45, 2.75) is 6.61 Å². The van der Waals surface area contributed by atoms with Gasteiger partial charge in [0.15, 0.2) is 16.9 Å². The van der Waals surface area contributed by atoms with Crippen molar-refractivity contribution in [1.29, 1.82) is 0 Å². The molecule has 0 atom stereocenters. The van der Waals surface area contributed by atoms with Crippen LogP contribution < -0.4 is 10.5 Å². The quantitative estimate of drug-likeness (QED) is 0.725. The number of hydrogen-bond donors (Lipinski definition) is 2. The maximum Gasteiger partial charge on any atom is 0.181 e. The number of aromatic amines is 1. The second-order valence-corrected chi connectivity index (χ2v) is 3.83. The lowest BCUT2D eigenvalue weighted by Crippen LogP contribution is -1.98. The average molecular weight is 241 g/mol. The van der Waals surface area contributed by atoms with Gasteiger partial charge in [-0.2, -0.15) is 0 Å². The van der Waals surface area contributed by atoms with Gasteiger partial charge in [-0.25, -0.2) is 10.1 Å². The lowest BCUT2D eigenvalue weighted by atomic mass is 10.2. The third-order valence-electron chi connectivity index (χ3n) is 2.52. The molecular formula is C12H11N5O.